The standard InChI is InChI=1S/C26H22Cl2N2/c27-21-15-11-19(12-16-21)25(29-23-7-3-1-4-8-23)26(20-13-17-22(28)18-14-20)30-24-9-5-2-6-10-24/h1-18,25-26,29-30H. The summed E-state index contributed by atoms with van der Waals surface area (Å²) in [6.45, 7) is 0. The first kappa shape index (κ1) is 20.3. The molecule has 4 aromatic carbocycles. The molecule has 0 aliphatic carbocycles. The maximum absolute atomic E-state index is 6.17. The summed E-state index contributed by atoms with van der Waals surface area (Å²) >= 11 is 12.3. The molecule has 150 valence electrons. The molecule has 0 aliphatic rings. The second kappa shape index (κ2) is 9.71. The molecule has 4 heteroatoms. The van der Waals surface area contributed by atoms with E-state index >= 15 is 0 Å². The molecule has 0 heterocycles. The van der Waals surface area contributed by atoms with Crippen LogP contribution in [0, 0.1) is 0 Å². The van der Waals surface area contributed by atoms with Gasteiger partial charge in [0, 0.05) is 21.4 Å². The van der Waals surface area contributed by atoms with Crippen molar-refractivity contribution in [1.29, 1.82) is 0 Å². The number of halogens is 2. The van der Waals surface area contributed by atoms with E-state index in [2.05, 4.69) is 59.2 Å². The van der Waals surface area contributed by atoms with Crippen LogP contribution in [-0.2, 0) is 0 Å². The van der Waals surface area contributed by atoms with Gasteiger partial charge in [-0.2, -0.15) is 0 Å². The van der Waals surface area contributed by atoms with Crippen LogP contribution in [0.15, 0.2) is 109 Å². The van der Waals surface area contributed by atoms with Crippen LogP contribution in [-0.4, -0.2) is 0 Å². The molecule has 2 unspecified atom stereocenters. The van der Waals surface area contributed by atoms with E-state index < -0.39 is 0 Å². The average Bonchev–Trinajstić information content (AvgIpc) is 2.79. The minimum Gasteiger partial charge on any atom is -0.376 e. The molecule has 0 amide bonds. The Bertz CT molecular complexity index is 961. The van der Waals surface area contributed by atoms with Crippen molar-refractivity contribution in [1.82, 2.24) is 0 Å². The number of hydrogen-bond donors (Lipinski definition) is 2. The maximum atomic E-state index is 6.17. The second-order valence-electron chi connectivity index (χ2n) is 7.08. The molecule has 0 bridgehead atoms. The molecule has 0 spiro atoms. The minimum absolute atomic E-state index is 0.0500. The van der Waals surface area contributed by atoms with Gasteiger partial charge in [0.05, 0.1) is 12.1 Å². The molecule has 2 nitrogen and oxygen atoms in total. The molecule has 0 aliphatic heterocycles. The molecule has 30 heavy (non-hydrogen) atoms. The molecule has 4 rings (SSSR count). The summed E-state index contributed by atoms with van der Waals surface area (Å²) in [4.78, 5) is 0. The van der Waals surface area contributed by atoms with Gasteiger partial charge >= 0.3 is 0 Å². The predicted molar refractivity (Wildman–Crippen MR) is 129 cm³/mol. The lowest BCUT2D eigenvalue weighted by Gasteiger charge is -2.31. The summed E-state index contributed by atoms with van der Waals surface area (Å²) in [5.74, 6) is 0. The van der Waals surface area contributed by atoms with E-state index in [0.717, 1.165) is 32.5 Å². The Balaban J connectivity index is 1.78. The summed E-state index contributed by atoms with van der Waals surface area (Å²) in [7, 11) is 0. The minimum atomic E-state index is -0.0500. The van der Waals surface area contributed by atoms with Gasteiger partial charge in [-0.1, -0.05) is 83.9 Å². The van der Waals surface area contributed by atoms with Crippen LogP contribution in [0.25, 0.3) is 0 Å². The summed E-state index contributed by atoms with van der Waals surface area (Å²) in [6.07, 6.45) is 0. The van der Waals surface area contributed by atoms with Gasteiger partial charge in [-0.15, -0.1) is 0 Å². The van der Waals surface area contributed by atoms with Gasteiger partial charge in [0.25, 0.3) is 0 Å². The van der Waals surface area contributed by atoms with E-state index in [9.17, 15) is 0 Å². The number of rotatable bonds is 7. The fraction of sp³-hybridized carbons (Fsp3) is 0.0769. The monoisotopic (exact) mass is 432 g/mol. The van der Waals surface area contributed by atoms with Gasteiger partial charge in [-0.3, -0.25) is 0 Å². The zero-order chi connectivity index (χ0) is 20.8. The lowest BCUT2D eigenvalue weighted by atomic mass is 9.92. The van der Waals surface area contributed by atoms with Crippen molar-refractivity contribution in [2.75, 3.05) is 10.6 Å². The molecule has 0 aromatic heterocycles. The highest BCUT2D eigenvalue weighted by molar-refractivity contribution is 6.30. The van der Waals surface area contributed by atoms with Crippen molar-refractivity contribution in [3.05, 3.63) is 130 Å². The highest BCUT2D eigenvalue weighted by Gasteiger charge is 2.25. The molecule has 2 N–H and O–H groups in total. The normalized spacial score (nSPS) is 12.7. The Morgan fingerprint density at radius 3 is 1.10 bits per heavy atom. The highest BCUT2D eigenvalue weighted by Crippen LogP contribution is 2.36. The molecule has 0 saturated heterocycles. The Morgan fingerprint density at radius 1 is 0.433 bits per heavy atom. The van der Waals surface area contributed by atoms with Gasteiger partial charge < -0.3 is 10.6 Å². The van der Waals surface area contributed by atoms with E-state index in [1.54, 1.807) is 0 Å². The van der Waals surface area contributed by atoms with Crippen LogP contribution >= 0.6 is 23.2 Å². The lowest BCUT2D eigenvalue weighted by Crippen LogP contribution is -2.25. The average molecular weight is 433 g/mol. The fourth-order valence-electron chi connectivity index (χ4n) is 3.49. The molecule has 0 saturated carbocycles. The maximum Gasteiger partial charge on any atom is 0.0757 e. The number of nitrogens with one attached hydrogen (secondary N) is 2. The van der Waals surface area contributed by atoms with E-state index in [4.69, 9.17) is 23.2 Å². The molecule has 4 aromatic rings. The van der Waals surface area contributed by atoms with E-state index in [0.29, 0.717) is 0 Å². The van der Waals surface area contributed by atoms with Crippen LogP contribution in [0.2, 0.25) is 10.0 Å². The van der Waals surface area contributed by atoms with Crippen LogP contribution < -0.4 is 10.6 Å². The van der Waals surface area contributed by atoms with Crippen molar-refractivity contribution < 1.29 is 0 Å². The Hall–Kier alpha value is -2.94. The number of hydrogen-bond acceptors (Lipinski definition) is 2. The SMILES string of the molecule is Clc1ccc(C(Nc2ccccc2)C(Nc2ccccc2)c2ccc(Cl)cc2)cc1. The zero-order valence-electron chi connectivity index (χ0n) is 16.3. The first-order valence-corrected chi connectivity index (χ1v) is 10.6. The van der Waals surface area contributed by atoms with Gasteiger partial charge in [0.1, 0.15) is 0 Å². The summed E-state index contributed by atoms with van der Waals surface area (Å²) in [6, 6.07) is 36.3. The zero-order valence-corrected chi connectivity index (χ0v) is 17.8. The van der Waals surface area contributed by atoms with Crippen LogP contribution in [0.3, 0.4) is 0 Å². The molecule has 0 radical (unpaired) electrons. The Labute approximate surface area is 187 Å². The van der Waals surface area contributed by atoms with Crippen molar-refractivity contribution in [2.24, 2.45) is 0 Å². The predicted octanol–water partition coefficient (Wildman–Crippen LogP) is 8.00. The van der Waals surface area contributed by atoms with Gasteiger partial charge in [0.15, 0.2) is 0 Å². The summed E-state index contributed by atoms with van der Waals surface area (Å²) in [5, 5.41) is 8.86. The Kier molecular flexibility index (Phi) is 6.58. The quantitative estimate of drug-likeness (QED) is 0.309. The van der Waals surface area contributed by atoms with Crippen molar-refractivity contribution >= 4 is 34.6 Å². The third-order valence-corrected chi connectivity index (χ3v) is 5.49. The van der Waals surface area contributed by atoms with Crippen molar-refractivity contribution in [3.63, 3.8) is 0 Å². The summed E-state index contributed by atoms with van der Waals surface area (Å²) < 4.78 is 0. The van der Waals surface area contributed by atoms with E-state index in [1.165, 1.54) is 0 Å². The lowest BCUT2D eigenvalue weighted by molar-refractivity contribution is 0.650. The van der Waals surface area contributed by atoms with Crippen molar-refractivity contribution in [3.8, 4) is 0 Å². The number of benzene rings is 4. The molecular weight excluding hydrogens is 411 g/mol. The van der Waals surface area contributed by atoms with Crippen LogP contribution in [0.5, 0.6) is 0 Å². The first-order valence-electron chi connectivity index (χ1n) is 9.83. The van der Waals surface area contributed by atoms with Crippen molar-refractivity contribution in [2.45, 2.75) is 12.1 Å². The highest BCUT2D eigenvalue weighted by atomic mass is 35.5. The number of anilines is 2. The third-order valence-electron chi connectivity index (χ3n) is 4.98. The third kappa shape index (κ3) is 5.15. The second-order valence-corrected chi connectivity index (χ2v) is 7.95. The van der Waals surface area contributed by atoms with E-state index in [1.807, 2.05) is 60.7 Å². The smallest absolute Gasteiger partial charge is 0.0757 e. The largest absolute Gasteiger partial charge is 0.376 e. The fourth-order valence-corrected chi connectivity index (χ4v) is 3.74. The number of para-hydroxylation sites is 2. The molecule has 2 atom stereocenters. The van der Waals surface area contributed by atoms with E-state index in [-0.39, 0.29) is 12.1 Å². The van der Waals surface area contributed by atoms with Gasteiger partial charge in [-0.05, 0) is 59.7 Å². The van der Waals surface area contributed by atoms with Crippen LogP contribution in [0.4, 0.5) is 11.4 Å². The van der Waals surface area contributed by atoms with Gasteiger partial charge in [0.2, 0.25) is 0 Å². The topological polar surface area (TPSA) is 24.1 Å². The molecule has 0 fully saturated rings. The van der Waals surface area contributed by atoms with Crippen LogP contribution in [0.1, 0.15) is 23.2 Å². The summed E-state index contributed by atoms with van der Waals surface area (Å²) in [5.41, 5.74) is 4.36. The Morgan fingerprint density at radius 2 is 0.767 bits per heavy atom. The molecular formula is C26H22Cl2N2. The first-order chi connectivity index (χ1) is 14.7. The van der Waals surface area contributed by atoms with Gasteiger partial charge in [-0.25, -0.2) is 0 Å².